The Balaban J connectivity index is 2.07. The number of aliphatic hydroxyl groups is 1. The lowest BCUT2D eigenvalue weighted by molar-refractivity contribution is 0.107. The fourth-order valence-corrected chi connectivity index (χ4v) is 1.97. The maximum atomic E-state index is 10.1. The van der Waals surface area contributed by atoms with Crippen LogP contribution in [-0.4, -0.2) is 18.8 Å². The minimum absolute atomic E-state index is 0.119. The van der Waals surface area contributed by atoms with Gasteiger partial charge in [0.05, 0.1) is 7.11 Å². The van der Waals surface area contributed by atoms with Gasteiger partial charge in [-0.15, -0.1) is 0 Å². The third-order valence-corrected chi connectivity index (χ3v) is 3.07. The first-order valence-corrected chi connectivity index (χ1v) is 6.41. The lowest BCUT2D eigenvalue weighted by Crippen LogP contribution is -2.12. The summed E-state index contributed by atoms with van der Waals surface area (Å²) >= 11 is 0. The van der Waals surface area contributed by atoms with E-state index in [4.69, 9.17) is 15.2 Å². The molecule has 0 spiro atoms. The molecule has 2 aromatic rings. The molecule has 3 N–H and O–H groups in total. The number of nitrogen functional groups attached to an aromatic ring is 1. The van der Waals surface area contributed by atoms with E-state index in [-0.39, 0.29) is 6.61 Å². The number of methoxy groups -OCH3 is 1. The molecule has 1 atom stereocenters. The summed E-state index contributed by atoms with van der Waals surface area (Å²) in [5.74, 6) is 1.25. The normalized spacial score (nSPS) is 11.9. The van der Waals surface area contributed by atoms with E-state index in [0.717, 1.165) is 5.56 Å². The number of ether oxygens (including phenoxy) is 2. The van der Waals surface area contributed by atoms with Gasteiger partial charge in [0.25, 0.3) is 0 Å². The van der Waals surface area contributed by atoms with Crippen LogP contribution in [-0.2, 0) is 0 Å². The van der Waals surface area contributed by atoms with E-state index >= 15 is 0 Å². The van der Waals surface area contributed by atoms with Gasteiger partial charge in [-0.05, 0) is 30.7 Å². The van der Waals surface area contributed by atoms with Crippen LogP contribution in [0.5, 0.6) is 11.5 Å². The van der Waals surface area contributed by atoms with E-state index in [1.54, 1.807) is 19.2 Å². The number of aryl methyl sites for hydroxylation is 1. The van der Waals surface area contributed by atoms with Gasteiger partial charge in [-0.25, -0.2) is 0 Å². The molecule has 0 saturated heterocycles. The number of rotatable bonds is 5. The number of nitrogens with two attached hydrogens (primary N) is 1. The van der Waals surface area contributed by atoms with Crippen LogP contribution in [0.15, 0.2) is 42.5 Å². The molecule has 2 aromatic carbocycles. The van der Waals surface area contributed by atoms with Crippen molar-refractivity contribution in [2.24, 2.45) is 0 Å². The molecule has 0 fully saturated rings. The lowest BCUT2D eigenvalue weighted by Gasteiger charge is -2.16. The monoisotopic (exact) mass is 273 g/mol. The highest BCUT2D eigenvalue weighted by atomic mass is 16.5. The maximum absolute atomic E-state index is 10.1. The van der Waals surface area contributed by atoms with Crippen molar-refractivity contribution in [2.75, 3.05) is 19.5 Å². The molecule has 1 unspecified atom stereocenters. The molecule has 0 amide bonds. The Hall–Kier alpha value is -2.20. The van der Waals surface area contributed by atoms with Crippen molar-refractivity contribution < 1.29 is 14.6 Å². The Morgan fingerprint density at radius 3 is 2.60 bits per heavy atom. The lowest BCUT2D eigenvalue weighted by atomic mass is 10.1. The molecule has 0 bridgehead atoms. The molecular formula is C16H19NO3. The second kappa shape index (κ2) is 6.30. The first-order chi connectivity index (χ1) is 9.61. The van der Waals surface area contributed by atoms with Gasteiger partial charge in [0.1, 0.15) is 12.7 Å². The zero-order valence-electron chi connectivity index (χ0n) is 11.7. The minimum atomic E-state index is -0.776. The molecule has 0 aromatic heterocycles. The first kappa shape index (κ1) is 14.2. The molecule has 0 radical (unpaired) electrons. The van der Waals surface area contributed by atoms with Gasteiger partial charge in [-0.1, -0.05) is 24.3 Å². The summed E-state index contributed by atoms with van der Waals surface area (Å²) in [5, 5.41) is 10.1. The number of benzene rings is 2. The first-order valence-electron chi connectivity index (χ1n) is 6.41. The molecular weight excluding hydrogens is 254 g/mol. The van der Waals surface area contributed by atoms with Gasteiger partial charge in [-0.3, -0.25) is 0 Å². The van der Waals surface area contributed by atoms with Gasteiger partial charge in [0.15, 0.2) is 11.5 Å². The maximum Gasteiger partial charge on any atom is 0.161 e. The van der Waals surface area contributed by atoms with Crippen molar-refractivity contribution in [3.8, 4) is 11.5 Å². The van der Waals surface area contributed by atoms with Crippen molar-refractivity contribution in [3.63, 3.8) is 0 Å². The van der Waals surface area contributed by atoms with E-state index < -0.39 is 6.10 Å². The van der Waals surface area contributed by atoms with Crippen LogP contribution in [0.1, 0.15) is 17.2 Å². The predicted molar refractivity (Wildman–Crippen MR) is 79.0 cm³/mol. The van der Waals surface area contributed by atoms with Crippen molar-refractivity contribution in [1.82, 2.24) is 0 Å². The average molecular weight is 273 g/mol. The molecule has 20 heavy (non-hydrogen) atoms. The summed E-state index contributed by atoms with van der Waals surface area (Å²) in [7, 11) is 1.59. The van der Waals surface area contributed by atoms with E-state index in [1.165, 1.54) is 0 Å². The molecule has 2 rings (SSSR count). The molecule has 0 aliphatic rings. The van der Waals surface area contributed by atoms with E-state index in [0.29, 0.717) is 22.7 Å². The number of para-hydroxylation sites is 1. The average Bonchev–Trinajstić information content (AvgIpc) is 2.46. The Bertz CT molecular complexity index is 584. The standard InChI is InChI=1S/C16H19NO3/c1-11-7-8-15(16(9-11)19-2)20-10-14(18)12-5-3-4-6-13(12)17/h3-9,14,18H,10,17H2,1-2H3. The van der Waals surface area contributed by atoms with Crippen molar-refractivity contribution >= 4 is 5.69 Å². The summed E-state index contributed by atoms with van der Waals surface area (Å²) < 4.78 is 10.9. The van der Waals surface area contributed by atoms with Crippen molar-refractivity contribution in [1.29, 1.82) is 0 Å². The second-order valence-corrected chi connectivity index (χ2v) is 4.61. The summed E-state index contributed by atoms with van der Waals surface area (Å²) in [6, 6.07) is 12.9. The van der Waals surface area contributed by atoms with E-state index in [9.17, 15) is 5.11 Å². The van der Waals surface area contributed by atoms with Crippen molar-refractivity contribution in [3.05, 3.63) is 53.6 Å². The van der Waals surface area contributed by atoms with Gasteiger partial charge in [0, 0.05) is 11.3 Å². The number of hydrogen-bond acceptors (Lipinski definition) is 4. The van der Waals surface area contributed by atoms with Crippen LogP contribution in [0, 0.1) is 6.92 Å². The van der Waals surface area contributed by atoms with Crippen LogP contribution in [0.2, 0.25) is 0 Å². The highest BCUT2D eigenvalue weighted by molar-refractivity contribution is 5.48. The quantitative estimate of drug-likeness (QED) is 0.822. The van der Waals surface area contributed by atoms with Crippen LogP contribution < -0.4 is 15.2 Å². The predicted octanol–water partition coefficient (Wildman–Crippen LogP) is 2.70. The highest BCUT2D eigenvalue weighted by Crippen LogP contribution is 2.29. The van der Waals surface area contributed by atoms with E-state index in [2.05, 4.69) is 0 Å². The van der Waals surface area contributed by atoms with Crippen LogP contribution in [0.4, 0.5) is 5.69 Å². The molecule has 4 heteroatoms. The molecule has 4 nitrogen and oxygen atoms in total. The smallest absolute Gasteiger partial charge is 0.161 e. The summed E-state index contributed by atoms with van der Waals surface area (Å²) in [6.07, 6.45) is -0.776. The Labute approximate surface area is 118 Å². The molecule has 106 valence electrons. The SMILES string of the molecule is COc1cc(C)ccc1OCC(O)c1ccccc1N. The van der Waals surface area contributed by atoms with Gasteiger partial charge in [-0.2, -0.15) is 0 Å². The number of hydrogen-bond donors (Lipinski definition) is 2. The van der Waals surface area contributed by atoms with Crippen LogP contribution >= 0.6 is 0 Å². The summed E-state index contributed by atoms with van der Waals surface area (Å²) in [4.78, 5) is 0. The third kappa shape index (κ3) is 3.22. The minimum Gasteiger partial charge on any atom is -0.493 e. The Kier molecular flexibility index (Phi) is 4.48. The Morgan fingerprint density at radius 1 is 1.15 bits per heavy atom. The largest absolute Gasteiger partial charge is 0.493 e. The topological polar surface area (TPSA) is 64.7 Å². The van der Waals surface area contributed by atoms with Gasteiger partial charge < -0.3 is 20.3 Å². The second-order valence-electron chi connectivity index (χ2n) is 4.61. The molecule has 0 aliphatic carbocycles. The van der Waals surface area contributed by atoms with Crippen LogP contribution in [0.3, 0.4) is 0 Å². The zero-order valence-corrected chi connectivity index (χ0v) is 11.7. The van der Waals surface area contributed by atoms with Gasteiger partial charge >= 0.3 is 0 Å². The Morgan fingerprint density at radius 2 is 1.90 bits per heavy atom. The number of anilines is 1. The number of aliphatic hydroxyl groups excluding tert-OH is 1. The molecule has 0 aliphatic heterocycles. The zero-order chi connectivity index (χ0) is 14.5. The van der Waals surface area contributed by atoms with E-state index in [1.807, 2.05) is 37.3 Å². The van der Waals surface area contributed by atoms with Gasteiger partial charge in [0.2, 0.25) is 0 Å². The molecule has 0 heterocycles. The third-order valence-electron chi connectivity index (χ3n) is 3.07. The van der Waals surface area contributed by atoms with Crippen molar-refractivity contribution in [2.45, 2.75) is 13.0 Å². The highest BCUT2D eigenvalue weighted by Gasteiger charge is 2.13. The fraction of sp³-hybridized carbons (Fsp3) is 0.250. The molecule has 0 saturated carbocycles. The summed E-state index contributed by atoms with van der Waals surface area (Å²) in [6.45, 7) is 2.10. The summed E-state index contributed by atoms with van der Waals surface area (Å²) in [5.41, 5.74) is 8.13. The fourth-order valence-electron chi connectivity index (χ4n) is 1.97. The van der Waals surface area contributed by atoms with Crippen LogP contribution in [0.25, 0.3) is 0 Å².